The maximum atomic E-state index is 12.9. The molecule has 1 aromatic rings. The van der Waals surface area contributed by atoms with Crippen LogP contribution in [0.25, 0.3) is 0 Å². The zero-order valence-corrected chi connectivity index (χ0v) is 17.2. The van der Waals surface area contributed by atoms with Crippen molar-refractivity contribution in [2.24, 2.45) is 5.92 Å². The van der Waals surface area contributed by atoms with Gasteiger partial charge in [0, 0.05) is 37.2 Å². The van der Waals surface area contributed by atoms with Crippen LogP contribution < -0.4 is 10.1 Å². The van der Waals surface area contributed by atoms with Crippen molar-refractivity contribution in [1.82, 2.24) is 15.2 Å². The van der Waals surface area contributed by atoms with Crippen LogP contribution in [0.1, 0.15) is 51.3 Å². The molecule has 166 valence electrons. The van der Waals surface area contributed by atoms with Gasteiger partial charge in [-0.2, -0.15) is 0 Å². The third-order valence-electron chi connectivity index (χ3n) is 5.06. The zero-order valence-electron chi connectivity index (χ0n) is 17.2. The minimum absolute atomic E-state index is 0.0590. The summed E-state index contributed by atoms with van der Waals surface area (Å²) in [5.74, 6) is -0.691. The molecule has 1 aromatic heterocycles. The molecular formula is C20H26F3N3O4. The first kappa shape index (κ1) is 22.2. The third-order valence-corrected chi connectivity index (χ3v) is 5.06. The fourth-order valence-corrected chi connectivity index (χ4v) is 3.85. The van der Waals surface area contributed by atoms with Crippen LogP contribution in [0.15, 0.2) is 12.3 Å². The van der Waals surface area contributed by atoms with E-state index in [0.29, 0.717) is 43.5 Å². The van der Waals surface area contributed by atoms with Crippen molar-refractivity contribution in [2.75, 3.05) is 6.54 Å². The number of hydrogen-bond acceptors (Lipinski definition) is 5. The molecule has 3 rings (SSSR count). The van der Waals surface area contributed by atoms with E-state index in [1.807, 2.05) is 0 Å². The lowest BCUT2D eigenvalue weighted by Crippen LogP contribution is -2.41. The number of alkyl halides is 3. The van der Waals surface area contributed by atoms with Gasteiger partial charge in [-0.3, -0.25) is 9.78 Å². The van der Waals surface area contributed by atoms with Gasteiger partial charge in [0.1, 0.15) is 11.4 Å². The van der Waals surface area contributed by atoms with E-state index in [1.165, 1.54) is 6.07 Å². The standard InChI is InChI=1S/C20H26F3N3O4/c1-19(2,3)30-18(28)25-14-5-4-12(8-14)17(27)26-7-6-16-13(11-26)9-15(10-24-16)29-20(21,22)23/h9-10,12,14H,4-8,11H2,1-3H3,(H,25,28). The van der Waals surface area contributed by atoms with Crippen LogP contribution in [0.4, 0.5) is 18.0 Å². The van der Waals surface area contributed by atoms with Gasteiger partial charge in [-0.1, -0.05) is 0 Å². The summed E-state index contributed by atoms with van der Waals surface area (Å²) in [6.45, 7) is 5.99. The Morgan fingerprint density at radius 2 is 1.97 bits per heavy atom. The van der Waals surface area contributed by atoms with E-state index in [-0.39, 0.29) is 24.4 Å². The molecule has 2 heterocycles. The van der Waals surface area contributed by atoms with Gasteiger partial charge < -0.3 is 19.7 Å². The zero-order chi connectivity index (χ0) is 22.1. The van der Waals surface area contributed by atoms with Gasteiger partial charge >= 0.3 is 12.5 Å². The number of pyridine rings is 1. The second kappa shape index (κ2) is 8.31. The maximum Gasteiger partial charge on any atom is 0.573 e. The van der Waals surface area contributed by atoms with Crippen molar-refractivity contribution in [1.29, 1.82) is 0 Å². The molecular weight excluding hydrogens is 403 g/mol. The second-order valence-electron chi connectivity index (χ2n) is 8.69. The average molecular weight is 429 g/mol. The first-order valence-corrected chi connectivity index (χ1v) is 9.91. The summed E-state index contributed by atoms with van der Waals surface area (Å²) in [5, 5.41) is 2.80. The smallest absolute Gasteiger partial charge is 0.444 e. The van der Waals surface area contributed by atoms with Crippen molar-refractivity contribution < 1.29 is 32.2 Å². The van der Waals surface area contributed by atoms with Gasteiger partial charge in [-0.15, -0.1) is 13.2 Å². The molecule has 1 N–H and O–H groups in total. The molecule has 0 spiro atoms. The van der Waals surface area contributed by atoms with E-state index in [2.05, 4.69) is 15.0 Å². The molecule has 30 heavy (non-hydrogen) atoms. The Hall–Kier alpha value is -2.52. The molecule has 7 nitrogen and oxygen atoms in total. The summed E-state index contributed by atoms with van der Waals surface area (Å²) < 4.78 is 46.5. The highest BCUT2D eigenvalue weighted by Gasteiger charge is 2.36. The molecule has 2 aliphatic rings. The minimum Gasteiger partial charge on any atom is -0.444 e. The lowest BCUT2D eigenvalue weighted by molar-refractivity contribution is -0.274. The number of carbonyl (C=O) groups excluding carboxylic acids is 2. The number of aromatic nitrogens is 1. The predicted molar refractivity (Wildman–Crippen MR) is 101 cm³/mol. The molecule has 1 aliphatic heterocycles. The van der Waals surface area contributed by atoms with E-state index >= 15 is 0 Å². The number of nitrogens with zero attached hydrogens (tertiary/aromatic N) is 2. The average Bonchev–Trinajstić information content (AvgIpc) is 3.05. The van der Waals surface area contributed by atoms with E-state index in [9.17, 15) is 22.8 Å². The second-order valence-corrected chi connectivity index (χ2v) is 8.69. The predicted octanol–water partition coefficient (Wildman–Crippen LogP) is 3.56. The molecule has 2 unspecified atom stereocenters. The number of rotatable bonds is 3. The summed E-state index contributed by atoms with van der Waals surface area (Å²) in [6, 6.07) is 1.15. The molecule has 2 amide bonds. The summed E-state index contributed by atoms with van der Waals surface area (Å²) in [5.41, 5.74) is 0.629. The number of ether oxygens (including phenoxy) is 2. The Bertz CT molecular complexity index is 807. The molecule has 1 fully saturated rings. The summed E-state index contributed by atoms with van der Waals surface area (Å²) in [7, 11) is 0. The Balaban J connectivity index is 1.57. The van der Waals surface area contributed by atoms with Crippen LogP contribution >= 0.6 is 0 Å². The van der Waals surface area contributed by atoms with Gasteiger partial charge in [0.2, 0.25) is 5.91 Å². The maximum absolute atomic E-state index is 12.9. The normalized spacial score (nSPS) is 21.7. The fourth-order valence-electron chi connectivity index (χ4n) is 3.85. The largest absolute Gasteiger partial charge is 0.573 e. The number of halogens is 3. The number of alkyl carbamates (subject to hydrolysis) is 1. The van der Waals surface area contributed by atoms with Crippen molar-refractivity contribution >= 4 is 12.0 Å². The topological polar surface area (TPSA) is 80.8 Å². The highest BCUT2D eigenvalue weighted by Crippen LogP contribution is 2.31. The number of carbonyl (C=O) groups is 2. The quantitative estimate of drug-likeness (QED) is 0.795. The van der Waals surface area contributed by atoms with Gasteiger partial charge in [0.05, 0.1) is 6.20 Å². The van der Waals surface area contributed by atoms with Crippen LogP contribution in [-0.2, 0) is 22.5 Å². The Morgan fingerprint density at radius 3 is 2.63 bits per heavy atom. The van der Waals surface area contributed by atoms with Crippen molar-refractivity contribution in [3.8, 4) is 5.75 Å². The monoisotopic (exact) mass is 429 g/mol. The van der Waals surface area contributed by atoms with Crippen LogP contribution in [0.5, 0.6) is 5.75 Å². The van der Waals surface area contributed by atoms with Crippen LogP contribution in [0.3, 0.4) is 0 Å². The van der Waals surface area contributed by atoms with Gasteiger partial charge in [0.25, 0.3) is 0 Å². The minimum atomic E-state index is -4.79. The molecule has 0 radical (unpaired) electrons. The molecule has 2 atom stereocenters. The molecule has 0 bridgehead atoms. The summed E-state index contributed by atoms with van der Waals surface area (Å²) in [4.78, 5) is 30.6. The van der Waals surface area contributed by atoms with Gasteiger partial charge in [-0.25, -0.2) is 4.79 Å². The number of fused-ring (bicyclic) bond motifs is 1. The molecule has 10 heteroatoms. The first-order valence-electron chi connectivity index (χ1n) is 9.91. The fraction of sp³-hybridized carbons (Fsp3) is 0.650. The van der Waals surface area contributed by atoms with Gasteiger partial charge in [0.15, 0.2) is 0 Å². The van der Waals surface area contributed by atoms with Crippen LogP contribution in [0.2, 0.25) is 0 Å². The number of nitrogens with one attached hydrogen (secondary N) is 1. The summed E-state index contributed by atoms with van der Waals surface area (Å²) in [6.07, 6.45) is -1.95. The van der Waals surface area contributed by atoms with Crippen LogP contribution in [-0.4, -0.2) is 46.4 Å². The Kier molecular flexibility index (Phi) is 6.14. The molecule has 0 aromatic carbocycles. The lowest BCUT2D eigenvalue weighted by Gasteiger charge is -2.30. The first-order chi connectivity index (χ1) is 13.9. The van der Waals surface area contributed by atoms with Crippen molar-refractivity contribution in [3.05, 3.63) is 23.5 Å². The third kappa shape index (κ3) is 5.99. The molecule has 0 saturated heterocycles. The number of amides is 2. The van der Waals surface area contributed by atoms with E-state index in [1.54, 1.807) is 25.7 Å². The van der Waals surface area contributed by atoms with E-state index < -0.39 is 23.8 Å². The lowest BCUT2D eigenvalue weighted by atomic mass is 10.0. The highest BCUT2D eigenvalue weighted by atomic mass is 19.4. The molecule has 1 aliphatic carbocycles. The van der Waals surface area contributed by atoms with E-state index in [4.69, 9.17) is 4.74 Å². The SMILES string of the molecule is CC(C)(C)OC(=O)NC1CCC(C(=O)N2CCc3ncc(OC(F)(F)F)cc3C2)C1. The Labute approximate surface area is 172 Å². The van der Waals surface area contributed by atoms with Gasteiger partial charge in [-0.05, 0) is 51.7 Å². The summed E-state index contributed by atoms with van der Waals surface area (Å²) >= 11 is 0. The van der Waals surface area contributed by atoms with Crippen molar-refractivity contribution in [3.63, 3.8) is 0 Å². The molecule has 1 saturated carbocycles. The number of hydrogen-bond donors (Lipinski definition) is 1. The Morgan fingerprint density at radius 1 is 1.23 bits per heavy atom. The highest BCUT2D eigenvalue weighted by molar-refractivity contribution is 5.79. The van der Waals surface area contributed by atoms with Crippen LogP contribution in [0, 0.1) is 5.92 Å². The van der Waals surface area contributed by atoms with E-state index in [0.717, 1.165) is 6.20 Å². The van der Waals surface area contributed by atoms with Crippen molar-refractivity contribution in [2.45, 2.75) is 71.0 Å².